The Balaban J connectivity index is 1.94. The molecule has 0 aromatic heterocycles. The van der Waals surface area contributed by atoms with Crippen LogP contribution < -0.4 is 9.64 Å². The van der Waals surface area contributed by atoms with Gasteiger partial charge in [-0.3, -0.25) is 10.1 Å². The topological polar surface area (TPSA) is 81.9 Å². The van der Waals surface area contributed by atoms with E-state index in [0.29, 0.717) is 37.0 Å². The molecule has 7 nitrogen and oxygen atoms in total. The summed E-state index contributed by atoms with van der Waals surface area (Å²) in [5.74, 6) is -0.399. The van der Waals surface area contributed by atoms with E-state index in [0.717, 1.165) is 0 Å². The quantitative estimate of drug-likeness (QED) is 0.359. The minimum absolute atomic E-state index is 0.135. The highest BCUT2D eigenvalue weighted by Crippen LogP contribution is 2.28. The van der Waals surface area contributed by atoms with Gasteiger partial charge in [0.1, 0.15) is 5.75 Å². The first-order valence-corrected chi connectivity index (χ1v) is 8.01. The molecule has 1 aliphatic heterocycles. The number of hydrogen-bond donors (Lipinski definition) is 0. The summed E-state index contributed by atoms with van der Waals surface area (Å²) in [6.45, 7) is 2.24. The molecule has 2 aromatic rings. The molecule has 0 bridgehead atoms. The summed E-state index contributed by atoms with van der Waals surface area (Å²) in [6, 6.07) is 10.6. The molecule has 3 rings (SSSR count). The number of carbonyl (C=O) groups excluding carboxylic acids is 1. The normalized spacial score (nSPS) is 14.2. The van der Waals surface area contributed by atoms with Crippen molar-refractivity contribution in [3.8, 4) is 5.75 Å². The van der Waals surface area contributed by atoms with Crippen LogP contribution in [0, 0.1) is 10.1 Å². The van der Waals surface area contributed by atoms with Crippen molar-refractivity contribution in [1.29, 1.82) is 0 Å². The number of nitro groups is 1. The zero-order chi connectivity index (χ0) is 17.8. The molecule has 130 valence electrons. The first kappa shape index (κ1) is 17.2. The molecular weight excluding hydrogens is 348 g/mol. The largest absolute Gasteiger partial charge is 0.423 e. The molecule has 1 fully saturated rings. The van der Waals surface area contributed by atoms with Gasteiger partial charge in [-0.05, 0) is 24.3 Å². The Labute approximate surface area is 148 Å². The maximum absolute atomic E-state index is 12.6. The van der Waals surface area contributed by atoms with Gasteiger partial charge >= 0.3 is 5.97 Å². The lowest BCUT2D eigenvalue weighted by molar-refractivity contribution is -0.384. The Morgan fingerprint density at radius 2 is 1.96 bits per heavy atom. The van der Waals surface area contributed by atoms with Gasteiger partial charge in [0.25, 0.3) is 5.69 Å². The van der Waals surface area contributed by atoms with Crippen molar-refractivity contribution in [2.24, 2.45) is 0 Å². The van der Waals surface area contributed by atoms with Crippen LogP contribution in [0.15, 0.2) is 42.5 Å². The predicted octanol–water partition coefficient (Wildman–Crippen LogP) is 3.30. The van der Waals surface area contributed by atoms with Gasteiger partial charge in [0.2, 0.25) is 0 Å². The number of non-ortho nitro benzene ring substituents is 1. The Bertz CT molecular complexity index is 805. The molecule has 1 aliphatic rings. The Morgan fingerprint density at radius 3 is 2.64 bits per heavy atom. The predicted molar refractivity (Wildman–Crippen MR) is 92.5 cm³/mol. The lowest BCUT2D eigenvalue weighted by Gasteiger charge is -2.30. The van der Waals surface area contributed by atoms with Crippen LogP contribution in [0.1, 0.15) is 10.4 Å². The van der Waals surface area contributed by atoms with E-state index in [9.17, 15) is 14.9 Å². The SMILES string of the molecule is O=C(Oc1cccc(Cl)c1)c1cc([N+](=O)[O-])ccc1N1CCOCC1. The first-order valence-electron chi connectivity index (χ1n) is 7.63. The van der Waals surface area contributed by atoms with Gasteiger partial charge in [-0.25, -0.2) is 4.79 Å². The molecular formula is C17H15ClN2O5. The van der Waals surface area contributed by atoms with Gasteiger partial charge in [0.05, 0.1) is 29.4 Å². The zero-order valence-corrected chi connectivity index (χ0v) is 13.9. The van der Waals surface area contributed by atoms with Gasteiger partial charge in [0, 0.05) is 30.2 Å². The van der Waals surface area contributed by atoms with Crippen molar-refractivity contribution in [2.75, 3.05) is 31.2 Å². The molecule has 0 unspecified atom stereocenters. The summed E-state index contributed by atoms with van der Waals surface area (Å²) in [7, 11) is 0. The summed E-state index contributed by atoms with van der Waals surface area (Å²) in [4.78, 5) is 25.1. The number of esters is 1. The molecule has 2 aromatic carbocycles. The van der Waals surface area contributed by atoms with E-state index in [2.05, 4.69) is 0 Å². The monoisotopic (exact) mass is 362 g/mol. The third kappa shape index (κ3) is 4.07. The number of nitrogens with zero attached hydrogens (tertiary/aromatic N) is 2. The average Bonchev–Trinajstić information content (AvgIpc) is 2.62. The fraction of sp³-hybridized carbons (Fsp3) is 0.235. The van der Waals surface area contributed by atoms with Crippen molar-refractivity contribution in [3.63, 3.8) is 0 Å². The summed E-state index contributed by atoms with van der Waals surface area (Å²) >= 11 is 5.89. The van der Waals surface area contributed by atoms with Crippen LogP contribution in [-0.2, 0) is 4.74 Å². The summed E-state index contributed by atoms with van der Waals surface area (Å²) in [5.41, 5.74) is 0.548. The van der Waals surface area contributed by atoms with Gasteiger partial charge in [0.15, 0.2) is 0 Å². The zero-order valence-electron chi connectivity index (χ0n) is 13.2. The Hall–Kier alpha value is -2.64. The van der Waals surface area contributed by atoms with Crippen LogP contribution >= 0.6 is 11.6 Å². The van der Waals surface area contributed by atoms with E-state index in [4.69, 9.17) is 21.1 Å². The number of anilines is 1. The number of hydrogen-bond acceptors (Lipinski definition) is 6. The van der Waals surface area contributed by atoms with Gasteiger partial charge < -0.3 is 14.4 Å². The fourth-order valence-electron chi connectivity index (χ4n) is 2.57. The van der Waals surface area contributed by atoms with Crippen LogP contribution in [0.4, 0.5) is 11.4 Å². The highest BCUT2D eigenvalue weighted by Gasteiger charge is 2.23. The van der Waals surface area contributed by atoms with E-state index in [1.807, 2.05) is 4.90 Å². The molecule has 0 amide bonds. The van der Waals surface area contributed by atoms with Crippen molar-refractivity contribution in [1.82, 2.24) is 0 Å². The van der Waals surface area contributed by atoms with E-state index in [1.54, 1.807) is 24.3 Å². The maximum atomic E-state index is 12.6. The van der Waals surface area contributed by atoms with E-state index < -0.39 is 10.9 Å². The molecule has 1 heterocycles. The van der Waals surface area contributed by atoms with Crippen molar-refractivity contribution in [3.05, 3.63) is 63.2 Å². The number of carbonyl (C=O) groups is 1. The number of benzene rings is 2. The van der Waals surface area contributed by atoms with Crippen LogP contribution in [0.2, 0.25) is 5.02 Å². The van der Waals surface area contributed by atoms with Crippen molar-refractivity contribution < 1.29 is 19.2 Å². The molecule has 0 saturated carbocycles. The second-order valence-corrected chi connectivity index (χ2v) is 5.84. The highest BCUT2D eigenvalue weighted by atomic mass is 35.5. The number of halogens is 1. The fourth-order valence-corrected chi connectivity index (χ4v) is 2.75. The number of morpholine rings is 1. The number of ether oxygens (including phenoxy) is 2. The Kier molecular flexibility index (Phi) is 5.16. The second kappa shape index (κ2) is 7.50. The molecule has 1 saturated heterocycles. The molecule has 0 radical (unpaired) electrons. The molecule has 0 aliphatic carbocycles. The highest BCUT2D eigenvalue weighted by molar-refractivity contribution is 6.30. The van der Waals surface area contributed by atoms with E-state index >= 15 is 0 Å². The molecule has 0 N–H and O–H groups in total. The Morgan fingerprint density at radius 1 is 1.20 bits per heavy atom. The molecule has 8 heteroatoms. The number of nitro benzene ring substituents is 1. The summed E-state index contributed by atoms with van der Waals surface area (Å²) in [6.07, 6.45) is 0. The van der Waals surface area contributed by atoms with Gasteiger partial charge in [-0.1, -0.05) is 17.7 Å². The smallest absolute Gasteiger partial charge is 0.345 e. The minimum atomic E-state index is -0.674. The van der Waals surface area contributed by atoms with Gasteiger partial charge in [-0.2, -0.15) is 0 Å². The standard InChI is InChI=1S/C17H15ClN2O5/c18-12-2-1-3-14(10-12)25-17(21)15-11-13(20(22)23)4-5-16(15)19-6-8-24-9-7-19/h1-5,10-11H,6-9H2. The van der Waals surface area contributed by atoms with Crippen molar-refractivity contribution in [2.45, 2.75) is 0 Å². The third-order valence-electron chi connectivity index (χ3n) is 3.77. The van der Waals surface area contributed by atoms with Crippen LogP contribution in [0.25, 0.3) is 0 Å². The molecule has 0 atom stereocenters. The van der Waals surface area contributed by atoms with E-state index in [-0.39, 0.29) is 17.0 Å². The van der Waals surface area contributed by atoms with E-state index in [1.165, 1.54) is 18.2 Å². The second-order valence-electron chi connectivity index (χ2n) is 5.40. The summed E-state index contributed by atoms with van der Waals surface area (Å²) in [5, 5.41) is 11.5. The van der Waals surface area contributed by atoms with Gasteiger partial charge in [-0.15, -0.1) is 0 Å². The summed E-state index contributed by atoms with van der Waals surface area (Å²) < 4.78 is 10.7. The minimum Gasteiger partial charge on any atom is -0.423 e. The molecule has 25 heavy (non-hydrogen) atoms. The first-order chi connectivity index (χ1) is 12.0. The maximum Gasteiger partial charge on any atom is 0.345 e. The van der Waals surface area contributed by atoms with Crippen LogP contribution in [0.5, 0.6) is 5.75 Å². The number of rotatable bonds is 4. The lowest BCUT2D eigenvalue weighted by atomic mass is 10.1. The van der Waals surface area contributed by atoms with Crippen molar-refractivity contribution >= 4 is 28.9 Å². The lowest BCUT2D eigenvalue weighted by Crippen LogP contribution is -2.37. The third-order valence-corrected chi connectivity index (χ3v) is 4.00. The average molecular weight is 363 g/mol. The molecule has 0 spiro atoms. The van der Waals surface area contributed by atoms with Crippen LogP contribution in [0.3, 0.4) is 0 Å². The van der Waals surface area contributed by atoms with Crippen LogP contribution in [-0.4, -0.2) is 37.2 Å².